The van der Waals surface area contributed by atoms with Gasteiger partial charge in [-0.15, -0.1) is 0 Å². The SMILES string of the molecule is O=C1CN(Cc2ccccc2)C(=O)c2sc(N3CCOCC3)nc2N1. The Kier molecular flexibility index (Phi) is 4.37. The van der Waals surface area contributed by atoms with Gasteiger partial charge >= 0.3 is 0 Å². The van der Waals surface area contributed by atoms with Crippen molar-refractivity contribution in [2.45, 2.75) is 6.54 Å². The fraction of sp³-hybridized carbons (Fsp3) is 0.353. The first-order chi connectivity index (χ1) is 12.2. The van der Waals surface area contributed by atoms with Gasteiger partial charge in [0.05, 0.1) is 13.2 Å². The highest BCUT2D eigenvalue weighted by Gasteiger charge is 2.31. The van der Waals surface area contributed by atoms with Gasteiger partial charge in [0.2, 0.25) is 5.91 Å². The zero-order valence-corrected chi connectivity index (χ0v) is 14.4. The lowest BCUT2D eigenvalue weighted by molar-refractivity contribution is -0.116. The maximum absolute atomic E-state index is 12.9. The average Bonchev–Trinajstić information content (AvgIpc) is 3.01. The van der Waals surface area contributed by atoms with E-state index >= 15 is 0 Å². The second kappa shape index (κ2) is 6.81. The Morgan fingerprint density at radius 1 is 1.16 bits per heavy atom. The molecule has 1 N–H and O–H groups in total. The Morgan fingerprint density at radius 2 is 1.92 bits per heavy atom. The molecule has 0 bridgehead atoms. The third-order valence-electron chi connectivity index (χ3n) is 4.19. The van der Waals surface area contributed by atoms with Gasteiger partial charge in [-0.05, 0) is 5.56 Å². The number of carbonyl (C=O) groups excluding carboxylic acids is 2. The minimum absolute atomic E-state index is 0.0314. The number of hydrogen-bond donors (Lipinski definition) is 1. The summed E-state index contributed by atoms with van der Waals surface area (Å²) in [6.45, 7) is 3.20. The van der Waals surface area contributed by atoms with Crippen molar-refractivity contribution < 1.29 is 14.3 Å². The molecule has 25 heavy (non-hydrogen) atoms. The van der Waals surface area contributed by atoms with Gasteiger partial charge in [-0.25, -0.2) is 4.98 Å². The number of rotatable bonds is 3. The van der Waals surface area contributed by atoms with Gasteiger partial charge < -0.3 is 19.9 Å². The zero-order valence-electron chi connectivity index (χ0n) is 13.6. The van der Waals surface area contributed by atoms with Crippen LogP contribution in [-0.4, -0.2) is 54.5 Å². The molecule has 0 radical (unpaired) electrons. The molecular formula is C17H18N4O3S. The number of nitrogens with zero attached hydrogens (tertiary/aromatic N) is 3. The van der Waals surface area contributed by atoms with Crippen LogP contribution in [0.3, 0.4) is 0 Å². The van der Waals surface area contributed by atoms with Crippen LogP contribution in [0, 0.1) is 0 Å². The fourth-order valence-corrected chi connectivity index (χ4v) is 3.96. The summed E-state index contributed by atoms with van der Waals surface area (Å²) in [5.41, 5.74) is 0.991. The Balaban J connectivity index is 1.61. The Labute approximate surface area is 149 Å². The molecule has 2 aliphatic heterocycles. The Bertz CT molecular complexity index is 786. The van der Waals surface area contributed by atoms with Gasteiger partial charge in [0, 0.05) is 19.6 Å². The highest BCUT2D eigenvalue weighted by Crippen LogP contribution is 2.33. The molecule has 0 saturated carbocycles. The van der Waals surface area contributed by atoms with Crippen molar-refractivity contribution >= 4 is 34.1 Å². The lowest BCUT2D eigenvalue weighted by atomic mass is 10.2. The van der Waals surface area contributed by atoms with Crippen LogP contribution in [0.1, 0.15) is 15.2 Å². The number of amides is 2. The van der Waals surface area contributed by atoms with Crippen LogP contribution in [0.25, 0.3) is 0 Å². The molecule has 2 amide bonds. The van der Waals surface area contributed by atoms with Crippen molar-refractivity contribution in [3.63, 3.8) is 0 Å². The van der Waals surface area contributed by atoms with Crippen LogP contribution < -0.4 is 10.2 Å². The molecule has 2 aromatic rings. The molecule has 4 rings (SSSR count). The van der Waals surface area contributed by atoms with E-state index in [2.05, 4.69) is 15.2 Å². The van der Waals surface area contributed by atoms with Gasteiger partial charge in [-0.3, -0.25) is 9.59 Å². The lowest BCUT2D eigenvalue weighted by Gasteiger charge is -2.26. The quantitative estimate of drug-likeness (QED) is 0.902. The molecule has 1 aromatic heterocycles. The number of ether oxygens (including phenoxy) is 1. The molecule has 7 nitrogen and oxygen atoms in total. The van der Waals surface area contributed by atoms with E-state index in [9.17, 15) is 9.59 Å². The van der Waals surface area contributed by atoms with Crippen molar-refractivity contribution in [1.82, 2.24) is 9.88 Å². The topological polar surface area (TPSA) is 74.8 Å². The van der Waals surface area contributed by atoms with Crippen LogP contribution in [0.5, 0.6) is 0 Å². The largest absolute Gasteiger partial charge is 0.378 e. The van der Waals surface area contributed by atoms with Crippen molar-refractivity contribution in [2.75, 3.05) is 43.1 Å². The lowest BCUT2D eigenvalue weighted by Crippen LogP contribution is -2.36. The summed E-state index contributed by atoms with van der Waals surface area (Å²) in [7, 11) is 0. The van der Waals surface area contributed by atoms with E-state index in [1.807, 2.05) is 30.3 Å². The summed E-state index contributed by atoms with van der Waals surface area (Å²) in [6.07, 6.45) is 0. The summed E-state index contributed by atoms with van der Waals surface area (Å²) in [4.78, 5) is 33.8. The number of thiazole rings is 1. The van der Waals surface area contributed by atoms with Gasteiger partial charge in [0.1, 0.15) is 11.4 Å². The van der Waals surface area contributed by atoms with Crippen LogP contribution in [0.2, 0.25) is 0 Å². The normalized spacial score (nSPS) is 17.9. The van der Waals surface area contributed by atoms with E-state index in [-0.39, 0.29) is 18.4 Å². The van der Waals surface area contributed by atoms with Crippen LogP contribution in [0.15, 0.2) is 30.3 Å². The number of anilines is 2. The van der Waals surface area contributed by atoms with E-state index in [1.165, 1.54) is 11.3 Å². The first kappa shape index (κ1) is 16.0. The zero-order chi connectivity index (χ0) is 17.2. The predicted octanol–water partition coefficient (Wildman–Crippen LogP) is 1.57. The third-order valence-corrected chi connectivity index (χ3v) is 5.29. The average molecular weight is 358 g/mol. The minimum Gasteiger partial charge on any atom is -0.378 e. The van der Waals surface area contributed by atoms with Gasteiger partial charge in [-0.2, -0.15) is 0 Å². The van der Waals surface area contributed by atoms with Crippen LogP contribution in [-0.2, 0) is 16.1 Å². The van der Waals surface area contributed by atoms with E-state index in [1.54, 1.807) is 4.90 Å². The number of morpholine rings is 1. The number of aromatic nitrogens is 1. The summed E-state index contributed by atoms with van der Waals surface area (Å²) in [5.74, 6) is -0.00637. The number of benzene rings is 1. The third kappa shape index (κ3) is 3.35. The number of carbonyl (C=O) groups is 2. The Hall–Kier alpha value is -2.45. The highest BCUT2D eigenvalue weighted by atomic mass is 32.1. The predicted molar refractivity (Wildman–Crippen MR) is 95.0 cm³/mol. The number of hydrogen-bond acceptors (Lipinski definition) is 6. The van der Waals surface area contributed by atoms with Gasteiger partial charge in [-0.1, -0.05) is 41.7 Å². The molecule has 0 spiro atoms. The van der Waals surface area contributed by atoms with E-state index < -0.39 is 0 Å². The smallest absolute Gasteiger partial charge is 0.268 e. The molecule has 1 fully saturated rings. The highest BCUT2D eigenvalue weighted by molar-refractivity contribution is 7.18. The molecule has 1 saturated heterocycles. The van der Waals surface area contributed by atoms with Crippen molar-refractivity contribution in [3.8, 4) is 0 Å². The summed E-state index contributed by atoms with van der Waals surface area (Å²) in [5, 5.41) is 3.52. The van der Waals surface area contributed by atoms with Crippen LogP contribution >= 0.6 is 11.3 Å². The number of nitrogens with one attached hydrogen (secondary N) is 1. The summed E-state index contributed by atoms with van der Waals surface area (Å²) >= 11 is 1.33. The maximum atomic E-state index is 12.9. The molecule has 2 aliphatic rings. The summed E-state index contributed by atoms with van der Waals surface area (Å²) in [6, 6.07) is 9.67. The van der Waals surface area contributed by atoms with Crippen molar-refractivity contribution in [2.24, 2.45) is 0 Å². The second-order valence-corrected chi connectivity index (χ2v) is 6.95. The second-order valence-electron chi connectivity index (χ2n) is 5.97. The minimum atomic E-state index is -0.221. The van der Waals surface area contributed by atoms with E-state index in [4.69, 9.17) is 4.74 Å². The summed E-state index contributed by atoms with van der Waals surface area (Å²) < 4.78 is 5.36. The molecule has 0 unspecified atom stereocenters. The monoisotopic (exact) mass is 358 g/mol. The number of fused-ring (bicyclic) bond motifs is 1. The van der Waals surface area contributed by atoms with Crippen molar-refractivity contribution in [1.29, 1.82) is 0 Å². The first-order valence-electron chi connectivity index (χ1n) is 8.17. The standard InChI is InChI=1S/C17H18N4O3S/c22-13-11-21(10-12-4-2-1-3-5-12)16(23)14-15(18-13)19-17(25-14)20-6-8-24-9-7-20/h1-5H,6-11H2,(H,18,22). The molecule has 0 atom stereocenters. The molecular weight excluding hydrogens is 340 g/mol. The molecule has 8 heteroatoms. The molecule has 1 aromatic carbocycles. The van der Waals surface area contributed by atoms with E-state index in [0.29, 0.717) is 30.5 Å². The fourth-order valence-electron chi connectivity index (χ4n) is 2.92. The molecule has 130 valence electrons. The Morgan fingerprint density at radius 3 is 2.68 bits per heavy atom. The van der Waals surface area contributed by atoms with Crippen LogP contribution in [0.4, 0.5) is 10.9 Å². The molecule has 0 aliphatic carbocycles. The van der Waals surface area contributed by atoms with Gasteiger partial charge in [0.25, 0.3) is 5.91 Å². The van der Waals surface area contributed by atoms with Gasteiger partial charge in [0.15, 0.2) is 10.9 Å². The van der Waals surface area contributed by atoms with E-state index in [0.717, 1.165) is 23.8 Å². The maximum Gasteiger partial charge on any atom is 0.268 e. The first-order valence-corrected chi connectivity index (χ1v) is 8.99. The van der Waals surface area contributed by atoms with Crippen molar-refractivity contribution in [3.05, 3.63) is 40.8 Å². The molecule has 3 heterocycles.